The first-order valence-electron chi connectivity index (χ1n) is 4.10. The smallest absolute Gasteiger partial charge is 0.224 e. The summed E-state index contributed by atoms with van der Waals surface area (Å²) < 4.78 is 13.1. The van der Waals surface area contributed by atoms with Crippen molar-refractivity contribution in [2.75, 3.05) is 18.0 Å². The van der Waals surface area contributed by atoms with E-state index in [0.717, 1.165) is 19.3 Å². The SMILES string of the molecule is CC1CN(c2nc(Cl)ncc2F)C1. The summed E-state index contributed by atoms with van der Waals surface area (Å²) in [5.41, 5.74) is 0. The Labute approximate surface area is 80.6 Å². The van der Waals surface area contributed by atoms with E-state index in [9.17, 15) is 4.39 Å². The molecule has 0 aliphatic carbocycles. The molecule has 5 heteroatoms. The molecule has 2 heterocycles. The van der Waals surface area contributed by atoms with Crippen molar-refractivity contribution in [2.45, 2.75) is 6.92 Å². The van der Waals surface area contributed by atoms with Crippen LogP contribution in [0.4, 0.5) is 10.2 Å². The molecule has 0 spiro atoms. The van der Waals surface area contributed by atoms with Gasteiger partial charge < -0.3 is 4.90 Å². The van der Waals surface area contributed by atoms with Crippen molar-refractivity contribution in [1.82, 2.24) is 9.97 Å². The minimum atomic E-state index is -0.406. The van der Waals surface area contributed by atoms with Crippen LogP contribution < -0.4 is 4.90 Å². The molecule has 70 valence electrons. The molecule has 0 bridgehead atoms. The third kappa shape index (κ3) is 1.58. The number of hydrogen-bond acceptors (Lipinski definition) is 3. The molecule has 0 atom stereocenters. The highest BCUT2D eigenvalue weighted by molar-refractivity contribution is 6.28. The maximum absolute atomic E-state index is 13.1. The van der Waals surface area contributed by atoms with Gasteiger partial charge in [0.05, 0.1) is 6.20 Å². The topological polar surface area (TPSA) is 29.0 Å². The van der Waals surface area contributed by atoms with Gasteiger partial charge in [-0.25, -0.2) is 9.37 Å². The van der Waals surface area contributed by atoms with Crippen LogP contribution in [0.3, 0.4) is 0 Å². The second kappa shape index (κ2) is 3.10. The van der Waals surface area contributed by atoms with Crippen molar-refractivity contribution in [2.24, 2.45) is 5.92 Å². The van der Waals surface area contributed by atoms with E-state index in [4.69, 9.17) is 11.6 Å². The molecule has 3 nitrogen and oxygen atoms in total. The van der Waals surface area contributed by atoms with Crippen LogP contribution in [-0.2, 0) is 0 Å². The Kier molecular flexibility index (Phi) is 2.07. The van der Waals surface area contributed by atoms with Crippen LogP contribution in [0.25, 0.3) is 0 Å². The maximum Gasteiger partial charge on any atom is 0.224 e. The summed E-state index contributed by atoms with van der Waals surface area (Å²) in [7, 11) is 0. The van der Waals surface area contributed by atoms with Gasteiger partial charge in [-0.1, -0.05) is 6.92 Å². The molecule has 13 heavy (non-hydrogen) atoms. The number of anilines is 1. The second-order valence-corrected chi connectivity index (χ2v) is 3.66. The van der Waals surface area contributed by atoms with E-state index >= 15 is 0 Å². The zero-order valence-corrected chi connectivity index (χ0v) is 7.92. The Morgan fingerprint density at radius 1 is 1.62 bits per heavy atom. The van der Waals surface area contributed by atoms with E-state index in [-0.39, 0.29) is 5.28 Å². The van der Waals surface area contributed by atoms with Crippen molar-refractivity contribution in [3.63, 3.8) is 0 Å². The largest absolute Gasteiger partial charge is 0.353 e. The predicted molar refractivity (Wildman–Crippen MR) is 48.4 cm³/mol. The highest BCUT2D eigenvalue weighted by Crippen LogP contribution is 2.25. The molecule has 2 rings (SSSR count). The van der Waals surface area contributed by atoms with Gasteiger partial charge in [0.25, 0.3) is 0 Å². The Morgan fingerprint density at radius 2 is 2.31 bits per heavy atom. The summed E-state index contributed by atoms with van der Waals surface area (Å²) in [5, 5.41) is 0.0935. The summed E-state index contributed by atoms with van der Waals surface area (Å²) in [6.45, 7) is 3.78. The Balaban J connectivity index is 2.24. The van der Waals surface area contributed by atoms with Crippen LogP contribution in [0.1, 0.15) is 6.92 Å². The van der Waals surface area contributed by atoms with Gasteiger partial charge in [-0.3, -0.25) is 0 Å². The standard InChI is InChI=1S/C8H9ClFN3/c1-5-3-13(4-5)7-6(10)2-11-8(9)12-7/h2,5H,3-4H2,1H3. The fraction of sp³-hybridized carbons (Fsp3) is 0.500. The molecule has 1 fully saturated rings. The first-order chi connectivity index (χ1) is 6.16. The average molecular weight is 202 g/mol. The Hall–Kier alpha value is -0.900. The predicted octanol–water partition coefficient (Wildman–Crippen LogP) is 1.73. The quantitative estimate of drug-likeness (QED) is 0.648. The molecule has 1 aliphatic rings. The van der Waals surface area contributed by atoms with Gasteiger partial charge in [-0.15, -0.1) is 0 Å². The molecule has 0 radical (unpaired) electrons. The monoisotopic (exact) mass is 201 g/mol. The fourth-order valence-electron chi connectivity index (χ4n) is 1.43. The average Bonchev–Trinajstić information content (AvgIpc) is 2.04. The van der Waals surface area contributed by atoms with E-state index in [1.54, 1.807) is 0 Å². The van der Waals surface area contributed by atoms with Gasteiger partial charge in [0.1, 0.15) is 0 Å². The number of hydrogen-bond donors (Lipinski definition) is 0. The molecule has 0 amide bonds. The lowest BCUT2D eigenvalue weighted by molar-refractivity contribution is 0.433. The summed E-state index contributed by atoms with van der Waals surface area (Å²) >= 11 is 5.56. The van der Waals surface area contributed by atoms with Crippen LogP contribution >= 0.6 is 11.6 Å². The number of aromatic nitrogens is 2. The van der Waals surface area contributed by atoms with Crippen molar-refractivity contribution in [3.05, 3.63) is 17.3 Å². The molecule has 0 saturated carbocycles. The second-order valence-electron chi connectivity index (χ2n) is 3.32. The molecule has 1 aromatic heterocycles. The van der Waals surface area contributed by atoms with Gasteiger partial charge in [0, 0.05) is 13.1 Å². The molecular formula is C8H9ClFN3. The first kappa shape index (κ1) is 8.69. The molecule has 1 saturated heterocycles. The Bertz CT molecular complexity index is 325. The summed E-state index contributed by atoms with van der Waals surface area (Å²) in [4.78, 5) is 9.24. The summed E-state index contributed by atoms with van der Waals surface area (Å²) in [5.74, 6) is 0.516. The van der Waals surface area contributed by atoms with E-state index in [1.165, 1.54) is 0 Å². The van der Waals surface area contributed by atoms with E-state index in [1.807, 2.05) is 4.90 Å². The maximum atomic E-state index is 13.1. The van der Waals surface area contributed by atoms with E-state index in [2.05, 4.69) is 16.9 Å². The minimum absolute atomic E-state index is 0.0935. The number of nitrogens with zero attached hydrogens (tertiary/aromatic N) is 3. The third-order valence-electron chi connectivity index (χ3n) is 2.06. The van der Waals surface area contributed by atoms with Crippen molar-refractivity contribution in [1.29, 1.82) is 0 Å². The summed E-state index contributed by atoms with van der Waals surface area (Å²) in [6.07, 6.45) is 1.10. The summed E-state index contributed by atoms with van der Waals surface area (Å²) in [6, 6.07) is 0. The molecule has 0 N–H and O–H groups in total. The molecule has 1 aromatic rings. The zero-order valence-electron chi connectivity index (χ0n) is 7.17. The van der Waals surface area contributed by atoms with E-state index < -0.39 is 5.82 Å². The van der Waals surface area contributed by atoms with Crippen LogP contribution in [-0.4, -0.2) is 23.1 Å². The van der Waals surface area contributed by atoms with Crippen molar-refractivity contribution < 1.29 is 4.39 Å². The van der Waals surface area contributed by atoms with Gasteiger partial charge in [0.2, 0.25) is 5.28 Å². The van der Waals surface area contributed by atoms with Crippen LogP contribution in [0, 0.1) is 11.7 Å². The van der Waals surface area contributed by atoms with Gasteiger partial charge in [0.15, 0.2) is 11.6 Å². The lowest BCUT2D eigenvalue weighted by Crippen LogP contribution is -2.46. The first-order valence-corrected chi connectivity index (χ1v) is 4.47. The van der Waals surface area contributed by atoms with Crippen LogP contribution in [0.15, 0.2) is 6.20 Å². The Morgan fingerprint density at radius 3 is 2.92 bits per heavy atom. The van der Waals surface area contributed by atoms with Crippen LogP contribution in [0.5, 0.6) is 0 Å². The highest BCUT2D eigenvalue weighted by atomic mass is 35.5. The van der Waals surface area contributed by atoms with Gasteiger partial charge in [-0.2, -0.15) is 4.98 Å². The van der Waals surface area contributed by atoms with E-state index in [0.29, 0.717) is 11.7 Å². The normalized spacial score (nSPS) is 17.3. The van der Waals surface area contributed by atoms with Crippen LogP contribution in [0.2, 0.25) is 5.28 Å². The third-order valence-corrected chi connectivity index (χ3v) is 2.24. The lowest BCUT2D eigenvalue weighted by Gasteiger charge is -2.38. The number of rotatable bonds is 1. The zero-order chi connectivity index (χ0) is 9.42. The lowest BCUT2D eigenvalue weighted by atomic mass is 10.0. The fourth-order valence-corrected chi connectivity index (χ4v) is 1.56. The van der Waals surface area contributed by atoms with Crippen molar-refractivity contribution in [3.8, 4) is 0 Å². The molecule has 0 aromatic carbocycles. The van der Waals surface area contributed by atoms with Gasteiger partial charge >= 0.3 is 0 Å². The van der Waals surface area contributed by atoms with Gasteiger partial charge in [-0.05, 0) is 17.5 Å². The minimum Gasteiger partial charge on any atom is -0.353 e. The molecule has 1 aliphatic heterocycles. The highest BCUT2D eigenvalue weighted by Gasteiger charge is 2.26. The molecular weight excluding hydrogens is 193 g/mol. The molecule has 0 unspecified atom stereocenters. The number of halogens is 2. The van der Waals surface area contributed by atoms with Crippen molar-refractivity contribution >= 4 is 17.4 Å².